The van der Waals surface area contributed by atoms with Crippen LogP contribution in [0.2, 0.25) is 0 Å². The van der Waals surface area contributed by atoms with Crippen LogP contribution in [0.1, 0.15) is 17.2 Å². The van der Waals surface area contributed by atoms with E-state index in [0.29, 0.717) is 13.2 Å². The van der Waals surface area contributed by atoms with Crippen molar-refractivity contribution in [2.45, 2.75) is 13.0 Å². The predicted octanol–water partition coefficient (Wildman–Crippen LogP) is 1.99. The fraction of sp³-hybridized carbons (Fsp3) is 0.500. The molecule has 90 valence electrons. The van der Waals surface area contributed by atoms with Crippen LogP contribution >= 0.6 is 15.9 Å². The largest absolute Gasteiger partial charge is 0.383 e. The quantitative estimate of drug-likeness (QED) is 0.787. The number of ether oxygens (including phenoxy) is 1. The van der Waals surface area contributed by atoms with E-state index in [1.54, 1.807) is 7.11 Å². The zero-order valence-corrected chi connectivity index (χ0v) is 11.4. The molecule has 0 heterocycles. The first kappa shape index (κ1) is 13.6. The first-order valence-corrected chi connectivity index (χ1v) is 6.16. The smallest absolute Gasteiger partial charge is 0.0587 e. The van der Waals surface area contributed by atoms with Crippen LogP contribution in [0.25, 0.3) is 0 Å². The van der Waals surface area contributed by atoms with E-state index in [9.17, 15) is 0 Å². The van der Waals surface area contributed by atoms with Gasteiger partial charge in [-0.3, -0.25) is 0 Å². The highest BCUT2D eigenvalue weighted by molar-refractivity contribution is 9.10. The maximum absolute atomic E-state index is 5.77. The number of rotatable bonds is 6. The molecule has 0 aliphatic carbocycles. The van der Waals surface area contributed by atoms with Gasteiger partial charge in [-0.15, -0.1) is 0 Å². The fourth-order valence-electron chi connectivity index (χ4n) is 1.57. The van der Waals surface area contributed by atoms with E-state index >= 15 is 0 Å². The molecular weight excluding hydrogens is 268 g/mol. The van der Waals surface area contributed by atoms with Crippen LogP contribution in [0.15, 0.2) is 22.7 Å². The molecule has 3 nitrogen and oxygen atoms in total. The Morgan fingerprint density at radius 2 is 2.25 bits per heavy atom. The molecule has 0 amide bonds. The van der Waals surface area contributed by atoms with Crippen molar-refractivity contribution in [1.82, 2.24) is 5.32 Å². The third-order valence-corrected chi connectivity index (χ3v) is 3.15. The second-order valence-corrected chi connectivity index (χ2v) is 4.61. The lowest BCUT2D eigenvalue weighted by atomic mass is 10.1. The van der Waals surface area contributed by atoms with Gasteiger partial charge in [0.1, 0.15) is 0 Å². The predicted molar refractivity (Wildman–Crippen MR) is 70.6 cm³/mol. The van der Waals surface area contributed by atoms with E-state index in [0.717, 1.165) is 11.0 Å². The maximum atomic E-state index is 5.77. The van der Waals surface area contributed by atoms with Crippen LogP contribution in [-0.2, 0) is 4.74 Å². The van der Waals surface area contributed by atoms with Gasteiger partial charge in [0.05, 0.1) is 6.61 Å². The highest BCUT2D eigenvalue weighted by Gasteiger charge is 2.11. The third-order valence-electron chi connectivity index (χ3n) is 2.46. The van der Waals surface area contributed by atoms with Crippen LogP contribution in [0, 0.1) is 6.92 Å². The standard InChI is InChI=1S/C12H19BrN2O/c1-9-3-4-10(11(13)7-9)12(8-14)15-5-6-16-2/h3-4,7,12,15H,5-6,8,14H2,1-2H3. The first-order chi connectivity index (χ1) is 7.69. The van der Waals surface area contributed by atoms with E-state index in [2.05, 4.69) is 46.4 Å². The zero-order chi connectivity index (χ0) is 12.0. The van der Waals surface area contributed by atoms with Crippen LogP contribution in [0.4, 0.5) is 0 Å². The third kappa shape index (κ3) is 3.87. The van der Waals surface area contributed by atoms with E-state index in [4.69, 9.17) is 10.5 Å². The monoisotopic (exact) mass is 286 g/mol. The summed E-state index contributed by atoms with van der Waals surface area (Å²) in [6.45, 7) is 4.15. The number of hydrogen-bond acceptors (Lipinski definition) is 3. The van der Waals surface area contributed by atoms with E-state index < -0.39 is 0 Å². The van der Waals surface area contributed by atoms with Crippen molar-refractivity contribution in [3.8, 4) is 0 Å². The molecule has 0 saturated carbocycles. The van der Waals surface area contributed by atoms with Crippen molar-refractivity contribution >= 4 is 15.9 Å². The summed E-state index contributed by atoms with van der Waals surface area (Å²) < 4.78 is 6.11. The highest BCUT2D eigenvalue weighted by Crippen LogP contribution is 2.23. The van der Waals surface area contributed by atoms with E-state index in [1.165, 1.54) is 11.1 Å². The Morgan fingerprint density at radius 3 is 2.81 bits per heavy atom. The summed E-state index contributed by atoms with van der Waals surface area (Å²) >= 11 is 3.57. The molecule has 0 fully saturated rings. The minimum atomic E-state index is 0.171. The van der Waals surface area contributed by atoms with Crippen LogP contribution < -0.4 is 11.1 Å². The van der Waals surface area contributed by atoms with Crippen molar-refractivity contribution in [2.24, 2.45) is 5.73 Å². The molecule has 0 bridgehead atoms. The van der Waals surface area contributed by atoms with Crippen molar-refractivity contribution in [1.29, 1.82) is 0 Å². The Hall–Kier alpha value is -0.420. The van der Waals surface area contributed by atoms with Crippen molar-refractivity contribution in [3.63, 3.8) is 0 Å². The van der Waals surface area contributed by atoms with Gasteiger partial charge in [0.15, 0.2) is 0 Å². The Kier molecular flexibility index (Phi) is 5.98. The molecule has 1 unspecified atom stereocenters. The molecule has 3 N–H and O–H groups in total. The molecule has 0 aliphatic heterocycles. The lowest BCUT2D eigenvalue weighted by molar-refractivity contribution is 0.196. The summed E-state index contributed by atoms with van der Waals surface area (Å²) in [6, 6.07) is 6.48. The SMILES string of the molecule is COCCNC(CN)c1ccc(C)cc1Br. The van der Waals surface area contributed by atoms with Gasteiger partial charge in [0.2, 0.25) is 0 Å². The minimum absolute atomic E-state index is 0.171. The summed E-state index contributed by atoms with van der Waals surface area (Å²) in [5, 5.41) is 3.37. The molecule has 1 aromatic carbocycles. The average molecular weight is 287 g/mol. The van der Waals surface area contributed by atoms with Gasteiger partial charge < -0.3 is 15.8 Å². The maximum Gasteiger partial charge on any atom is 0.0587 e. The summed E-state index contributed by atoms with van der Waals surface area (Å²) in [5.74, 6) is 0. The molecule has 1 rings (SSSR count). The first-order valence-electron chi connectivity index (χ1n) is 5.37. The Balaban J connectivity index is 2.70. The number of hydrogen-bond donors (Lipinski definition) is 2. The van der Waals surface area contributed by atoms with Crippen molar-refractivity contribution in [2.75, 3.05) is 26.8 Å². The number of nitrogens with two attached hydrogens (primary N) is 1. The van der Waals surface area contributed by atoms with E-state index in [-0.39, 0.29) is 6.04 Å². The Bertz CT molecular complexity index is 331. The Labute approximate surface area is 105 Å². The molecule has 0 saturated heterocycles. The number of benzene rings is 1. The molecule has 0 spiro atoms. The summed E-state index contributed by atoms with van der Waals surface area (Å²) in [6.07, 6.45) is 0. The number of methoxy groups -OCH3 is 1. The summed E-state index contributed by atoms with van der Waals surface area (Å²) in [7, 11) is 1.70. The van der Waals surface area contributed by atoms with Gasteiger partial charge in [0.25, 0.3) is 0 Å². The molecule has 0 aliphatic rings. The van der Waals surface area contributed by atoms with Gasteiger partial charge >= 0.3 is 0 Å². The second kappa shape index (κ2) is 7.01. The lowest BCUT2D eigenvalue weighted by Crippen LogP contribution is -2.31. The van der Waals surface area contributed by atoms with Crippen LogP contribution in [0.3, 0.4) is 0 Å². The second-order valence-electron chi connectivity index (χ2n) is 3.76. The van der Waals surface area contributed by atoms with Gasteiger partial charge in [-0.1, -0.05) is 28.1 Å². The lowest BCUT2D eigenvalue weighted by Gasteiger charge is -2.18. The van der Waals surface area contributed by atoms with Gasteiger partial charge in [-0.2, -0.15) is 0 Å². The fourth-order valence-corrected chi connectivity index (χ4v) is 2.34. The molecule has 0 radical (unpaired) electrons. The van der Waals surface area contributed by atoms with Gasteiger partial charge in [-0.25, -0.2) is 0 Å². The van der Waals surface area contributed by atoms with Crippen molar-refractivity contribution < 1.29 is 4.74 Å². The zero-order valence-electron chi connectivity index (χ0n) is 9.79. The van der Waals surface area contributed by atoms with Gasteiger partial charge in [0, 0.05) is 30.7 Å². The normalized spacial score (nSPS) is 12.8. The number of halogens is 1. The van der Waals surface area contributed by atoms with Gasteiger partial charge in [-0.05, 0) is 24.1 Å². The molecule has 4 heteroatoms. The number of nitrogens with one attached hydrogen (secondary N) is 1. The average Bonchev–Trinajstić information content (AvgIpc) is 2.26. The topological polar surface area (TPSA) is 47.3 Å². The molecule has 1 atom stereocenters. The number of aryl methyl sites for hydroxylation is 1. The van der Waals surface area contributed by atoms with Crippen LogP contribution in [0.5, 0.6) is 0 Å². The van der Waals surface area contributed by atoms with E-state index in [1.807, 2.05) is 0 Å². The molecule has 16 heavy (non-hydrogen) atoms. The molecular formula is C12H19BrN2O. The Morgan fingerprint density at radius 1 is 1.50 bits per heavy atom. The minimum Gasteiger partial charge on any atom is -0.383 e. The molecule has 1 aromatic rings. The summed E-state index contributed by atoms with van der Waals surface area (Å²) in [4.78, 5) is 0. The van der Waals surface area contributed by atoms with Crippen LogP contribution in [-0.4, -0.2) is 26.8 Å². The highest BCUT2D eigenvalue weighted by atomic mass is 79.9. The molecule has 0 aromatic heterocycles. The summed E-state index contributed by atoms with van der Waals surface area (Å²) in [5.41, 5.74) is 8.21. The van der Waals surface area contributed by atoms with Crippen molar-refractivity contribution in [3.05, 3.63) is 33.8 Å².